The molecule has 0 radical (unpaired) electrons. The quantitative estimate of drug-likeness (QED) is 0.635. The summed E-state index contributed by atoms with van der Waals surface area (Å²) in [5.41, 5.74) is 2.37. The summed E-state index contributed by atoms with van der Waals surface area (Å²) in [6.07, 6.45) is 1.94. The van der Waals surface area contributed by atoms with Gasteiger partial charge in [0.2, 0.25) is 5.91 Å². The Morgan fingerprint density at radius 2 is 1.81 bits per heavy atom. The van der Waals surface area contributed by atoms with Gasteiger partial charge in [0, 0.05) is 19.6 Å². The third kappa shape index (κ3) is 2.72. The zero-order valence-corrected chi connectivity index (χ0v) is 15.1. The largest absolute Gasteiger partial charge is 1.00 e. The summed E-state index contributed by atoms with van der Waals surface area (Å²) in [6.45, 7) is 8.87. The molecule has 3 nitrogen and oxygen atoms in total. The van der Waals surface area contributed by atoms with E-state index < -0.39 is 0 Å². The van der Waals surface area contributed by atoms with Crippen LogP contribution in [-0.2, 0) is 16.8 Å². The van der Waals surface area contributed by atoms with Gasteiger partial charge >= 0.3 is 0 Å². The Kier molecular flexibility index (Phi) is 5.30. The fourth-order valence-electron chi connectivity index (χ4n) is 3.87. The van der Waals surface area contributed by atoms with Gasteiger partial charge in [-0.2, -0.15) is 0 Å². The van der Waals surface area contributed by atoms with Crippen LogP contribution in [0.1, 0.15) is 37.8 Å². The minimum absolute atomic E-state index is 0. The highest BCUT2D eigenvalue weighted by Crippen LogP contribution is 2.42. The van der Waals surface area contributed by atoms with Crippen molar-refractivity contribution < 1.29 is 28.8 Å². The van der Waals surface area contributed by atoms with Gasteiger partial charge in [0.05, 0.1) is 5.41 Å². The number of benzene rings is 1. The third-order valence-electron chi connectivity index (χ3n) is 5.10. The fraction of sp³-hybridized carbons (Fsp3) is 0.588. The van der Waals surface area contributed by atoms with E-state index >= 15 is 0 Å². The minimum atomic E-state index is -0.268. The summed E-state index contributed by atoms with van der Waals surface area (Å²) in [5, 5.41) is 0. The SMILES string of the molecule is CCN(CC)C(=O)C12CCN(CC1)Cc1ccccc12.[I-]. The minimum Gasteiger partial charge on any atom is -1.00 e. The molecule has 1 amide bonds. The number of amides is 1. The van der Waals surface area contributed by atoms with Crippen molar-refractivity contribution >= 4 is 5.91 Å². The van der Waals surface area contributed by atoms with E-state index in [1.165, 1.54) is 11.1 Å². The van der Waals surface area contributed by atoms with Crippen LogP contribution in [0.2, 0.25) is 0 Å². The molecule has 3 aliphatic heterocycles. The number of nitrogens with zero attached hydrogens (tertiary/aromatic N) is 2. The first kappa shape index (κ1) is 16.7. The number of carbonyl (C=O) groups excluding carboxylic acids is 1. The number of piperidine rings is 1. The Morgan fingerprint density at radius 3 is 2.43 bits per heavy atom. The molecule has 1 fully saturated rings. The number of halogens is 1. The number of rotatable bonds is 3. The highest BCUT2D eigenvalue weighted by atomic mass is 127. The highest BCUT2D eigenvalue weighted by Gasteiger charge is 2.47. The van der Waals surface area contributed by atoms with Crippen LogP contribution in [-0.4, -0.2) is 41.9 Å². The van der Waals surface area contributed by atoms with Crippen molar-refractivity contribution in [2.75, 3.05) is 26.2 Å². The lowest BCUT2D eigenvalue weighted by atomic mass is 9.71. The summed E-state index contributed by atoms with van der Waals surface area (Å²) in [4.78, 5) is 17.7. The molecule has 3 aliphatic rings. The van der Waals surface area contributed by atoms with Crippen molar-refractivity contribution in [3.05, 3.63) is 35.4 Å². The maximum atomic E-state index is 13.2. The summed E-state index contributed by atoms with van der Waals surface area (Å²) in [6, 6.07) is 8.57. The van der Waals surface area contributed by atoms with Gasteiger partial charge in [-0.25, -0.2) is 0 Å². The molecule has 4 heteroatoms. The van der Waals surface area contributed by atoms with Crippen molar-refractivity contribution in [2.45, 2.75) is 38.6 Å². The van der Waals surface area contributed by atoms with Crippen molar-refractivity contribution in [3.8, 4) is 0 Å². The number of likely N-dealkylation sites (N-methyl/N-ethyl adjacent to an activating group) is 1. The van der Waals surface area contributed by atoms with Gasteiger partial charge in [-0.1, -0.05) is 24.3 Å². The second-order valence-corrected chi connectivity index (χ2v) is 5.99. The van der Waals surface area contributed by atoms with E-state index in [1.807, 2.05) is 4.90 Å². The molecule has 1 aromatic rings. The molecule has 0 unspecified atom stereocenters. The van der Waals surface area contributed by atoms with E-state index in [0.29, 0.717) is 5.91 Å². The van der Waals surface area contributed by atoms with Crippen LogP contribution in [0.25, 0.3) is 0 Å². The van der Waals surface area contributed by atoms with Crippen molar-refractivity contribution in [3.63, 3.8) is 0 Å². The number of hydrogen-bond acceptors (Lipinski definition) is 2. The van der Waals surface area contributed by atoms with E-state index in [-0.39, 0.29) is 29.4 Å². The Labute approximate surface area is 144 Å². The van der Waals surface area contributed by atoms with E-state index in [2.05, 4.69) is 43.0 Å². The first-order chi connectivity index (χ1) is 9.71. The predicted molar refractivity (Wildman–Crippen MR) is 80.6 cm³/mol. The molecule has 0 N–H and O–H groups in total. The van der Waals surface area contributed by atoms with E-state index in [4.69, 9.17) is 0 Å². The van der Waals surface area contributed by atoms with Gasteiger partial charge in [0.15, 0.2) is 0 Å². The monoisotopic (exact) mass is 399 g/mol. The van der Waals surface area contributed by atoms with Gasteiger partial charge in [0.25, 0.3) is 0 Å². The van der Waals surface area contributed by atoms with Gasteiger partial charge in [-0.05, 0) is 50.9 Å². The molecule has 4 rings (SSSR count). The Balaban J connectivity index is 0.00000161. The van der Waals surface area contributed by atoms with E-state index in [9.17, 15) is 4.79 Å². The molecule has 0 aromatic heterocycles. The molecule has 21 heavy (non-hydrogen) atoms. The average Bonchev–Trinajstić information content (AvgIpc) is 2.75. The average molecular weight is 399 g/mol. The first-order valence-corrected chi connectivity index (χ1v) is 7.81. The lowest BCUT2D eigenvalue weighted by Gasteiger charge is -2.40. The van der Waals surface area contributed by atoms with E-state index in [1.54, 1.807) is 0 Å². The van der Waals surface area contributed by atoms with Crippen LogP contribution in [0, 0.1) is 0 Å². The van der Waals surface area contributed by atoms with E-state index in [0.717, 1.165) is 45.6 Å². The topological polar surface area (TPSA) is 23.6 Å². The van der Waals surface area contributed by atoms with Gasteiger partial charge in [-0.3, -0.25) is 9.69 Å². The number of carbonyl (C=O) groups is 1. The van der Waals surface area contributed by atoms with Crippen molar-refractivity contribution in [2.24, 2.45) is 0 Å². The zero-order chi connectivity index (χ0) is 14.2. The van der Waals surface area contributed by atoms with Gasteiger partial charge < -0.3 is 28.9 Å². The highest BCUT2D eigenvalue weighted by molar-refractivity contribution is 5.89. The van der Waals surface area contributed by atoms with Crippen LogP contribution in [0.5, 0.6) is 0 Å². The van der Waals surface area contributed by atoms with Crippen LogP contribution in [0.3, 0.4) is 0 Å². The molecule has 0 spiro atoms. The summed E-state index contributed by atoms with van der Waals surface area (Å²) in [7, 11) is 0. The molecule has 0 saturated carbocycles. The van der Waals surface area contributed by atoms with Crippen LogP contribution >= 0.6 is 0 Å². The second-order valence-electron chi connectivity index (χ2n) is 5.99. The van der Waals surface area contributed by atoms with Gasteiger partial charge in [-0.15, -0.1) is 0 Å². The van der Waals surface area contributed by atoms with Crippen molar-refractivity contribution in [1.29, 1.82) is 0 Å². The lowest BCUT2D eigenvalue weighted by molar-refractivity contribution is -0.138. The van der Waals surface area contributed by atoms with Crippen LogP contribution in [0.4, 0.5) is 0 Å². The smallest absolute Gasteiger partial charge is 0.233 e. The fourth-order valence-corrected chi connectivity index (χ4v) is 3.87. The van der Waals surface area contributed by atoms with Crippen LogP contribution < -0.4 is 24.0 Å². The third-order valence-corrected chi connectivity index (χ3v) is 5.10. The Bertz CT molecular complexity index is 505. The molecule has 1 saturated heterocycles. The summed E-state index contributed by atoms with van der Waals surface area (Å²) in [5.74, 6) is 0.344. The maximum Gasteiger partial charge on any atom is 0.233 e. The maximum absolute atomic E-state index is 13.2. The number of hydrogen-bond donors (Lipinski definition) is 0. The predicted octanol–water partition coefficient (Wildman–Crippen LogP) is -0.594. The normalized spacial score (nSPS) is 26.5. The molecular formula is C17H24IN2O-. The Hall–Kier alpha value is -0.620. The van der Waals surface area contributed by atoms with Crippen LogP contribution in [0.15, 0.2) is 24.3 Å². The van der Waals surface area contributed by atoms with Crippen molar-refractivity contribution in [1.82, 2.24) is 9.80 Å². The number of fused-ring (bicyclic) bond motifs is 2. The molecule has 2 bridgehead atoms. The Morgan fingerprint density at radius 1 is 1.19 bits per heavy atom. The molecule has 0 atom stereocenters. The first-order valence-electron chi connectivity index (χ1n) is 7.81. The van der Waals surface area contributed by atoms with Gasteiger partial charge in [0.1, 0.15) is 0 Å². The summed E-state index contributed by atoms with van der Waals surface area (Å²) >= 11 is 0. The lowest BCUT2D eigenvalue weighted by Crippen LogP contribution is -3.00. The molecule has 116 valence electrons. The zero-order valence-electron chi connectivity index (χ0n) is 12.9. The summed E-state index contributed by atoms with van der Waals surface area (Å²) < 4.78 is 0. The molecule has 1 aromatic carbocycles. The second kappa shape index (κ2) is 6.65. The standard InChI is InChI=1S/C17H24N2O.HI/c1-3-19(4-2)16(20)17-9-11-18(12-10-17)13-14-7-5-6-8-15(14)17;/h5-8H,3-4,9-13H2,1-2H3;1H/p-1. The molecule has 0 aliphatic carbocycles. The molecule has 3 heterocycles. The molecular weight excluding hydrogens is 375 g/mol.